The normalized spacial score (nSPS) is 14.1. The fraction of sp³-hybridized carbons (Fsp3) is 0.120. The number of allylic oxidation sites excluding steroid dienone is 4. The first kappa shape index (κ1) is 16.4. The van der Waals surface area contributed by atoms with Crippen molar-refractivity contribution in [1.29, 1.82) is 0 Å². The van der Waals surface area contributed by atoms with Crippen LogP contribution in [-0.2, 0) is 5.41 Å². The molecule has 4 rings (SSSR count). The average Bonchev–Trinajstić information content (AvgIpc) is 2.72. The highest BCUT2D eigenvalue weighted by molar-refractivity contribution is 5.60. The number of benzene rings is 3. The summed E-state index contributed by atoms with van der Waals surface area (Å²) in [7, 11) is 0. The largest absolute Gasteiger partial charge is 0.508 e. The Bertz CT molecular complexity index is 879. The summed E-state index contributed by atoms with van der Waals surface area (Å²) in [5, 5.41) is 9.85. The molecule has 0 aromatic heterocycles. The molecule has 1 aliphatic carbocycles. The van der Waals surface area contributed by atoms with E-state index in [1.54, 1.807) is 12.1 Å². The molecule has 1 nitrogen and oxygen atoms in total. The first-order valence-electron chi connectivity index (χ1n) is 9.08. The van der Waals surface area contributed by atoms with Gasteiger partial charge in [0, 0.05) is 0 Å². The van der Waals surface area contributed by atoms with Crippen LogP contribution in [0.3, 0.4) is 0 Å². The molecule has 0 spiro atoms. The molecule has 3 aromatic rings. The number of phenolic OH excluding ortho intramolecular Hbond substituents is 1. The van der Waals surface area contributed by atoms with E-state index in [4.69, 9.17) is 0 Å². The summed E-state index contributed by atoms with van der Waals surface area (Å²) in [5.41, 5.74) is 4.69. The average molecular weight is 338 g/mol. The molecule has 0 radical (unpaired) electrons. The van der Waals surface area contributed by atoms with Gasteiger partial charge in [0.15, 0.2) is 0 Å². The third-order valence-electron chi connectivity index (χ3n) is 5.21. The summed E-state index contributed by atoms with van der Waals surface area (Å²) in [5.74, 6) is 0.293. The summed E-state index contributed by atoms with van der Waals surface area (Å²) in [6.45, 7) is 0. The summed E-state index contributed by atoms with van der Waals surface area (Å²) < 4.78 is 0. The van der Waals surface area contributed by atoms with Crippen LogP contribution >= 0.6 is 0 Å². The maximum Gasteiger partial charge on any atom is 0.115 e. The molecule has 128 valence electrons. The Kier molecular flexibility index (Phi) is 4.45. The summed E-state index contributed by atoms with van der Waals surface area (Å²) >= 11 is 0. The highest BCUT2D eigenvalue weighted by Crippen LogP contribution is 2.47. The van der Waals surface area contributed by atoms with Gasteiger partial charge in [0.1, 0.15) is 5.75 Å². The second-order valence-corrected chi connectivity index (χ2v) is 6.69. The minimum atomic E-state index is -0.360. The van der Waals surface area contributed by atoms with Gasteiger partial charge < -0.3 is 5.11 Å². The second kappa shape index (κ2) is 7.05. The zero-order valence-electron chi connectivity index (χ0n) is 14.7. The molecule has 0 bridgehead atoms. The van der Waals surface area contributed by atoms with Crippen molar-refractivity contribution in [2.75, 3.05) is 0 Å². The van der Waals surface area contributed by atoms with E-state index in [-0.39, 0.29) is 5.41 Å². The van der Waals surface area contributed by atoms with Gasteiger partial charge in [-0.15, -0.1) is 0 Å². The van der Waals surface area contributed by atoms with Crippen molar-refractivity contribution in [2.24, 2.45) is 0 Å². The van der Waals surface area contributed by atoms with Crippen molar-refractivity contribution in [3.63, 3.8) is 0 Å². The molecule has 1 aliphatic rings. The van der Waals surface area contributed by atoms with Crippen LogP contribution in [0.4, 0.5) is 0 Å². The van der Waals surface area contributed by atoms with Crippen LogP contribution in [0.5, 0.6) is 5.75 Å². The van der Waals surface area contributed by atoms with Gasteiger partial charge in [0.2, 0.25) is 0 Å². The highest BCUT2D eigenvalue weighted by atomic mass is 16.3. The topological polar surface area (TPSA) is 20.2 Å². The van der Waals surface area contributed by atoms with Gasteiger partial charge in [0.05, 0.1) is 5.41 Å². The molecular formula is C25H22O. The lowest BCUT2D eigenvalue weighted by atomic mass is 9.63. The molecule has 1 N–H and O–H groups in total. The maximum absolute atomic E-state index is 9.85. The van der Waals surface area contributed by atoms with E-state index in [0.717, 1.165) is 12.8 Å². The van der Waals surface area contributed by atoms with E-state index in [1.807, 2.05) is 0 Å². The fourth-order valence-corrected chi connectivity index (χ4v) is 4.06. The van der Waals surface area contributed by atoms with Crippen molar-refractivity contribution < 1.29 is 5.11 Å². The smallest absolute Gasteiger partial charge is 0.115 e. The minimum Gasteiger partial charge on any atom is -0.508 e. The zero-order chi connectivity index (χ0) is 17.8. The predicted octanol–water partition coefficient (Wildman–Crippen LogP) is 6.00. The van der Waals surface area contributed by atoms with Crippen LogP contribution in [0, 0.1) is 0 Å². The Morgan fingerprint density at radius 1 is 0.654 bits per heavy atom. The van der Waals surface area contributed by atoms with Gasteiger partial charge in [-0.2, -0.15) is 0 Å². The van der Waals surface area contributed by atoms with Crippen LogP contribution < -0.4 is 0 Å². The summed E-state index contributed by atoms with van der Waals surface area (Å²) in [6.07, 6.45) is 8.71. The molecule has 0 saturated carbocycles. The molecule has 0 saturated heterocycles. The van der Waals surface area contributed by atoms with Crippen LogP contribution in [-0.4, -0.2) is 5.11 Å². The third-order valence-corrected chi connectivity index (χ3v) is 5.21. The predicted molar refractivity (Wildman–Crippen MR) is 107 cm³/mol. The lowest BCUT2D eigenvalue weighted by molar-refractivity contribution is 0.474. The second-order valence-electron chi connectivity index (χ2n) is 6.69. The molecule has 1 heteroatoms. The van der Waals surface area contributed by atoms with E-state index < -0.39 is 0 Å². The quantitative estimate of drug-likeness (QED) is 0.578. The minimum absolute atomic E-state index is 0.293. The molecule has 0 aliphatic heterocycles. The fourth-order valence-electron chi connectivity index (χ4n) is 4.06. The monoisotopic (exact) mass is 338 g/mol. The molecule has 26 heavy (non-hydrogen) atoms. The van der Waals surface area contributed by atoms with Crippen molar-refractivity contribution >= 4 is 0 Å². The first-order valence-corrected chi connectivity index (χ1v) is 9.08. The number of hydrogen-bond acceptors (Lipinski definition) is 1. The van der Waals surface area contributed by atoms with Gasteiger partial charge in [-0.3, -0.25) is 0 Å². The Labute approximate surface area is 155 Å². The molecular weight excluding hydrogens is 316 g/mol. The van der Waals surface area contributed by atoms with Gasteiger partial charge in [-0.25, -0.2) is 0 Å². The van der Waals surface area contributed by atoms with Gasteiger partial charge in [0.25, 0.3) is 0 Å². The lowest BCUT2D eigenvalue weighted by Crippen LogP contribution is -2.32. The van der Waals surface area contributed by atoms with E-state index >= 15 is 0 Å². The van der Waals surface area contributed by atoms with Crippen LogP contribution in [0.15, 0.2) is 109 Å². The zero-order valence-corrected chi connectivity index (χ0v) is 14.7. The van der Waals surface area contributed by atoms with E-state index in [9.17, 15) is 5.11 Å². The van der Waals surface area contributed by atoms with Crippen LogP contribution in [0.25, 0.3) is 0 Å². The van der Waals surface area contributed by atoms with Crippen molar-refractivity contribution in [2.45, 2.75) is 18.3 Å². The molecule has 3 aromatic carbocycles. The van der Waals surface area contributed by atoms with Gasteiger partial charge in [-0.1, -0.05) is 96.6 Å². The van der Waals surface area contributed by atoms with Crippen molar-refractivity contribution in [3.8, 4) is 5.75 Å². The Morgan fingerprint density at radius 3 is 1.69 bits per heavy atom. The third kappa shape index (κ3) is 2.76. The van der Waals surface area contributed by atoms with E-state index in [1.165, 1.54) is 22.3 Å². The van der Waals surface area contributed by atoms with Gasteiger partial charge in [-0.05, 0) is 41.7 Å². The summed E-state index contributed by atoms with van der Waals surface area (Å²) in [4.78, 5) is 0. The van der Waals surface area contributed by atoms with Gasteiger partial charge >= 0.3 is 0 Å². The Balaban J connectivity index is 2.08. The summed E-state index contributed by atoms with van der Waals surface area (Å²) in [6, 6.07) is 29.0. The molecule has 0 heterocycles. The van der Waals surface area contributed by atoms with E-state index in [2.05, 4.69) is 91.0 Å². The highest BCUT2D eigenvalue weighted by Gasteiger charge is 2.39. The lowest BCUT2D eigenvalue weighted by Gasteiger charge is -2.39. The number of aromatic hydroxyl groups is 1. The number of hydrogen-bond donors (Lipinski definition) is 1. The van der Waals surface area contributed by atoms with Crippen LogP contribution in [0.2, 0.25) is 0 Å². The molecule has 0 unspecified atom stereocenters. The number of phenols is 1. The molecule has 0 amide bonds. The Hall–Kier alpha value is -3.06. The molecule has 0 atom stereocenters. The number of rotatable bonds is 4. The maximum atomic E-state index is 9.85. The first-order chi connectivity index (χ1) is 12.8. The standard InChI is InChI=1S/C25H22O/c26-24-18-16-23(17-19-24)25(20-10-4-1-5-11-20,21-12-6-2-7-13-21)22-14-8-3-9-15-22/h1-8,10-14,16-19,26H,9,15H2. The van der Waals surface area contributed by atoms with Crippen LogP contribution in [0.1, 0.15) is 29.5 Å². The SMILES string of the molecule is Oc1ccc(C(C2=CC=CCC2)(c2ccccc2)c2ccccc2)cc1. The van der Waals surface area contributed by atoms with Crippen molar-refractivity contribution in [3.05, 3.63) is 125 Å². The van der Waals surface area contributed by atoms with Crippen molar-refractivity contribution in [1.82, 2.24) is 0 Å². The Morgan fingerprint density at radius 2 is 1.19 bits per heavy atom. The molecule has 0 fully saturated rings. The van der Waals surface area contributed by atoms with E-state index in [0.29, 0.717) is 5.75 Å².